The van der Waals surface area contributed by atoms with Crippen molar-refractivity contribution in [2.24, 2.45) is 0 Å². The van der Waals surface area contributed by atoms with E-state index in [1.165, 1.54) is 31.2 Å². The number of amides is 2. The zero-order chi connectivity index (χ0) is 23.8. The summed E-state index contributed by atoms with van der Waals surface area (Å²) >= 11 is 0. The highest BCUT2D eigenvalue weighted by atomic mass is 32.2. The van der Waals surface area contributed by atoms with Crippen LogP contribution in [0.2, 0.25) is 0 Å². The molecule has 0 saturated carbocycles. The third-order valence-corrected chi connectivity index (χ3v) is 6.37. The zero-order valence-electron chi connectivity index (χ0n) is 18.5. The average molecular weight is 470 g/mol. The van der Waals surface area contributed by atoms with Gasteiger partial charge in [-0.05, 0) is 67.4 Å². The topological polar surface area (TPSA) is 118 Å². The summed E-state index contributed by atoms with van der Waals surface area (Å²) < 4.78 is 32.9. The first-order valence-corrected chi connectivity index (χ1v) is 12.0. The summed E-state index contributed by atoms with van der Waals surface area (Å²) in [5, 5.41) is 5.54. The van der Waals surface area contributed by atoms with Crippen LogP contribution in [0, 0.1) is 0 Å². The smallest absolute Gasteiger partial charge is 0.251 e. The Morgan fingerprint density at radius 1 is 1.00 bits per heavy atom. The normalized spacial score (nSPS) is 12.2. The minimum atomic E-state index is -3.72. The molecule has 2 aromatic carbocycles. The molecule has 3 N–H and O–H groups in total. The van der Waals surface area contributed by atoms with Crippen LogP contribution in [0.15, 0.2) is 76.2 Å². The van der Waals surface area contributed by atoms with E-state index in [1.807, 2.05) is 19.1 Å². The molecule has 9 heteroatoms. The zero-order valence-corrected chi connectivity index (χ0v) is 19.3. The minimum Gasteiger partial charge on any atom is -0.469 e. The molecule has 0 fully saturated rings. The molecule has 3 rings (SSSR count). The van der Waals surface area contributed by atoms with Crippen molar-refractivity contribution in [1.29, 1.82) is 0 Å². The van der Waals surface area contributed by atoms with Gasteiger partial charge < -0.3 is 15.1 Å². The van der Waals surface area contributed by atoms with Gasteiger partial charge in [-0.25, -0.2) is 13.1 Å². The molecular weight excluding hydrogens is 442 g/mol. The second-order valence-corrected chi connectivity index (χ2v) is 9.49. The predicted molar refractivity (Wildman–Crippen MR) is 125 cm³/mol. The Kier molecular flexibility index (Phi) is 8.02. The van der Waals surface area contributed by atoms with Crippen LogP contribution in [-0.4, -0.2) is 26.3 Å². The van der Waals surface area contributed by atoms with E-state index in [0.717, 1.165) is 24.2 Å². The van der Waals surface area contributed by atoms with E-state index < -0.39 is 10.0 Å². The molecule has 1 aromatic heterocycles. The molecule has 0 spiro atoms. The molecule has 0 bridgehead atoms. The number of hydrogen-bond donors (Lipinski definition) is 3. The molecule has 33 heavy (non-hydrogen) atoms. The van der Waals surface area contributed by atoms with Crippen LogP contribution in [-0.2, 0) is 27.8 Å². The van der Waals surface area contributed by atoms with Crippen LogP contribution in [0.4, 0.5) is 5.69 Å². The van der Waals surface area contributed by atoms with Gasteiger partial charge in [0.05, 0.1) is 11.2 Å². The third-order valence-electron chi connectivity index (χ3n) is 4.95. The number of carbonyl (C=O) groups is 2. The van der Waals surface area contributed by atoms with Gasteiger partial charge in [-0.15, -0.1) is 0 Å². The average Bonchev–Trinajstić information content (AvgIpc) is 3.30. The van der Waals surface area contributed by atoms with E-state index in [4.69, 9.17) is 4.42 Å². The molecule has 0 aliphatic rings. The fourth-order valence-corrected chi connectivity index (χ4v) is 4.17. The van der Waals surface area contributed by atoms with Crippen molar-refractivity contribution < 1.29 is 22.4 Å². The molecule has 0 radical (unpaired) electrons. The number of benzene rings is 2. The summed E-state index contributed by atoms with van der Waals surface area (Å²) in [5.74, 6) is 0.462. The first kappa shape index (κ1) is 24.2. The standard InChI is InChI=1S/C24H27N3O5S/c1-17(5-12-22-4-3-15-32-22)26-24(29)20-8-6-19(7-9-20)16-25-33(30,31)23-13-10-21(11-14-23)27-18(2)28/h3-4,6-11,13-15,17,25H,5,12,16H2,1-2H3,(H,26,29)(H,27,28)/t17-/m1/s1. The summed E-state index contributed by atoms with van der Waals surface area (Å²) in [6.45, 7) is 3.40. The number of furan rings is 1. The molecule has 2 amide bonds. The molecule has 0 aliphatic carbocycles. The number of aryl methyl sites for hydroxylation is 1. The van der Waals surface area contributed by atoms with Gasteiger partial charge in [-0.2, -0.15) is 0 Å². The Bertz CT molecular complexity index is 1170. The first-order valence-electron chi connectivity index (χ1n) is 10.5. The lowest BCUT2D eigenvalue weighted by atomic mass is 10.1. The van der Waals surface area contributed by atoms with Crippen LogP contribution in [0.1, 0.15) is 41.9 Å². The Morgan fingerprint density at radius 3 is 2.30 bits per heavy atom. The minimum absolute atomic E-state index is 0.0221. The Morgan fingerprint density at radius 2 is 1.70 bits per heavy atom. The molecule has 8 nitrogen and oxygen atoms in total. The SMILES string of the molecule is CC(=O)Nc1ccc(S(=O)(=O)NCc2ccc(C(=O)N[C@H](C)CCc3ccco3)cc2)cc1. The fraction of sp³-hybridized carbons (Fsp3) is 0.250. The molecule has 0 saturated heterocycles. The summed E-state index contributed by atoms with van der Waals surface area (Å²) in [4.78, 5) is 23.6. The lowest BCUT2D eigenvalue weighted by Gasteiger charge is -2.13. The van der Waals surface area contributed by atoms with Gasteiger partial charge in [0.25, 0.3) is 5.91 Å². The van der Waals surface area contributed by atoms with Crippen molar-refractivity contribution in [2.45, 2.75) is 44.2 Å². The lowest BCUT2D eigenvalue weighted by molar-refractivity contribution is -0.114. The van der Waals surface area contributed by atoms with Crippen molar-refractivity contribution in [3.63, 3.8) is 0 Å². The van der Waals surface area contributed by atoms with E-state index in [0.29, 0.717) is 11.3 Å². The molecule has 1 atom stereocenters. The fourth-order valence-electron chi connectivity index (χ4n) is 3.15. The van der Waals surface area contributed by atoms with Crippen LogP contribution in [0.25, 0.3) is 0 Å². The van der Waals surface area contributed by atoms with Crippen molar-refractivity contribution in [3.05, 3.63) is 83.8 Å². The van der Waals surface area contributed by atoms with Gasteiger partial charge in [0, 0.05) is 37.2 Å². The van der Waals surface area contributed by atoms with Gasteiger partial charge in [0.15, 0.2) is 0 Å². The van der Waals surface area contributed by atoms with Gasteiger partial charge in [0.1, 0.15) is 5.76 Å². The third kappa shape index (κ3) is 7.30. The number of anilines is 1. The molecular formula is C24H27N3O5S. The Labute approximate surface area is 193 Å². The molecule has 0 unspecified atom stereocenters. The number of carbonyl (C=O) groups excluding carboxylic acids is 2. The molecule has 1 heterocycles. The van der Waals surface area contributed by atoms with E-state index in [1.54, 1.807) is 30.5 Å². The van der Waals surface area contributed by atoms with Crippen LogP contribution in [0.3, 0.4) is 0 Å². The van der Waals surface area contributed by atoms with Gasteiger partial charge in [-0.1, -0.05) is 12.1 Å². The van der Waals surface area contributed by atoms with Gasteiger partial charge in [0.2, 0.25) is 15.9 Å². The van der Waals surface area contributed by atoms with Crippen molar-refractivity contribution in [1.82, 2.24) is 10.0 Å². The molecule has 3 aromatic rings. The summed E-state index contributed by atoms with van der Waals surface area (Å²) in [6, 6.07) is 16.4. The second kappa shape index (κ2) is 10.9. The van der Waals surface area contributed by atoms with Crippen molar-refractivity contribution >= 4 is 27.5 Å². The predicted octanol–water partition coefficient (Wildman–Crippen LogP) is 3.47. The van der Waals surface area contributed by atoms with E-state index in [2.05, 4.69) is 15.4 Å². The maximum Gasteiger partial charge on any atom is 0.251 e. The highest BCUT2D eigenvalue weighted by molar-refractivity contribution is 7.89. The number of sulfonamides is 1. The maximum absolute atomic E-state index is 12.5. The van der Waals surface area contributed by atoms with E-state index in [-0.39, 0.29) is 29.3 Å². The number of rotatable bonds is 10. The Balaban J connectivity index is 1.51. The lowest BCUT2D eigenvalue weighted by Crippen LogP contribution is -2.32. The summed E-state index contributed by atoms with van der Waals surface area (Å²) in [6.07, 6.45) is 3.12. The largest absolute Gasteiger partial charge is 0.469 e. The monoisotopic (exact) mass is 469 g/mol. The van der Waals surface area contributed by atoms with Crippen LogP contribution >= 0.6 is 0 Å². The van der Waals surface area contributed by atoms with Crippen LogP contribution < -0.4 is 15.4 Å². The summed E-state index contributed by atoms with van der Waals surface area (Å²) in [5.41, 5.74) is 1.74. The number of hydrogen-bond acceptors (Lipinski definition) is 5. The second-order valence-electron chi connectivity index (χ2n) is 7.72. The molecule has 174 valence electrons. The van der Waals surface area contributed by atoms with E-state index in [9.17, 15) is 18.0 Å². The summed E-state index contributed by atoms with van der Waals surface area (Å²) in [7, 11) is -3.72. The quantitative estimate of drug-likeness (QED) is 0.420. The highest BCUT2D eigenvalue weighted by Crippen LogP contribution is 2.15. The van der Waals surface area contributed by atoms with Crippen molar-refractivity contribution in [2.75, 3.05) is 5.32 Å². The highest BCUT2D eigenvalue weighted by Gasteiger charge is 2.15. The maximum atomic E-state index is 12.5. The van der Waals surface area contributed by atoms with Crippen molar-refractivity contribution in [3.8, 4) is 0 Å². The van der Waals surface area contributed by atoms with Gasteiger partial charge >= 0.3 is 0 Å². The molecule has 0 aliphatic heterocycles. The van der Waals surface area contributed by atoms with E-state index >= 15 is 0 Å². The Hall–Kier alpha value is -3.43. The first-order chi connectivity index (χ1) is 15.7. The van der Waals surface area contributed by atoms with Gasteiger partial charge in [-0.3, -0.25) is 9.59 Å². The number of nitrogens with one attached hydrogen (secondary N) is 3. The van der Waals surface area contributed by atoms with Crippen LogP contribution in [0.5, 0.6) is 0 Å².